The van der Waals surface area contributed by atoms with Gasteiger partial charge in [0.1, 0.15) is 11.4 Å². The SMILES string of the molecule is N#CC1(NC(=O)COC(=O)CSCc2ccc(F)cc2)CCCC1. The molecule has 0 aliphatic heterocycles. The Hall–Kier alpha value is -2.07. The maximum Gasteiger partial charge on any atom is 0.316 e. The molecular weight excluding hydrogens is 331 g/mol. The fourth-order valence-corrected chi connectivity index (χ4v) is 3.35. The van der Waals surface area contributed by atoms with E-state index < -0.39 is 17.4 Å². The lowest BCUT2D eigenvalue weighted by atomic mass is 10.00. The molecule has 0 bridgehead atoms. The molecule has 7 heteroatoms. The van der Waals surface area contributed by atoms with Crippen LogP contribution in [-0.4, -0.2) is 29.8 Å². The van der Waals surface area contributed by atoms with E-state index in [9.17, 15) is 19.2 Å². The summed E-state index contributed by atoms with van der Waals surface area (Å²) in [4.78, 5) is 23.4. The minimum Gasteiger partial charge on any atom is -0.455 e. The Balaban J connectivity index is 1.64. The molecule has 5 nitrogen and oxygen atoms in total. The third-order valence-electron chi connectivity index (χ3n) is 3.82. The van der Waals surface area contributed by atoms with E-state index in [4.69, 9.17) is 4.74 Å². The van der Waals surface area contributed by atoms with Crippen molar-refractivity contribution in [1.82, 2.24) is 5.32 Å². The highest BCUT2D eigenvalue weighted by Gasteiger charge is 2.35. The number of thioether (sulfide) groups is 1. The Morgan fingerprint density at radius 3 is 2.58 bits per heavy atom. The molecule has 1 aromatic carbocycles. The van der Waals surface area contributed by atoms with Crippen LogP contribution in [0.15, 0.2) is 24.3 Å². The lowest BCUT2D eigenvalue weighted by Gasteiger charge is -2.21. The van der Waals surface area contributed by atoms with Gasteiger partial charge < -0.3 is 10.1 Å². The molecule has 0 radical (unpaired) electrons. The van der Waals surface area contributed by atoms with Gasteiger partial charge in [-0.15, -0.1) is 11.8 Å². The number of esters is 1. The van der Waals surface area contributed by atoms with Crippen LogP contribution in [0.25, 0.3) is 0 Å². The van der Waals surface area contributed by atoms with Gasteiger partial charge in [-0.1, -0.05) is 12.1 Å². The summed E-state index contributed by atoms with van der Waals surface area (Å²) in [5.41, 5.74) is 0.102. The molecule has 1 aliphatic rings. The monoisotopic (exact) mass is 350 g/mol. The van der Waals surface area contributed by atoms with Crippen molar-refractivity contribution in [2.75, 3.05) is 12.4 Å². The second-order valence-electron chi connectivity index (χ2n) is 5.73. The maximum absolute atomic E-state index is 12.8. The van der Waals surface area contributed by atoms with E-state index in [1.807, 2.05) is 0 Å². The Bertz CT molecular complexity index is 622. The summed E-state index contributed by atoms with van der Waals surface area (Å²) in [5.74, 6) is -0.579. The topological polar surface area (TPSA) is 79.2 Å². The second-order valence-corrected chi connectivity index (χ2v) is 6.71. The average Bonchev–Trinajstić information content (AvgIpc) is 3.04. The zero-order valence-electron chi connectivity index (χ0n) is 13.2. The summed E-state index contributed by atoms with van der Waals surface area (Å²) in [6.45, 7) is -0.376. The molecule has 1 saturated carbocycles. The van der Waals surface area contributed by atoms with Crippen molar-refractivity contribution in [2.24, 2.45) is 0 Å². The average molecular weight is 350 g/mol. The summed E-state index contributed by atoms with van der Waals surface area (Å²) in [6.07, 6.45) is 3.09. The maximum atomic E-state index is 12.8. The van der Waals surface area contributed by atoms with Gasteiger partial charge in [0, 0.05) is 5.75 Å². The summed E-state index contributed by atoms with van der Waals surface area (Å²) < 4.78 is 17.7. The van der Waals surface area contributed by atoms with Gasteiger partial charge in [-0.05, 0) is 43.4 Å². The van der Waals surface area contributed by atoms with Gasteiger partial charge in [0.25, 0.3) is 5.91 Å². The smallest absolute Gasteiger partial charge is 0.316 e. The molecule has 0 aromatic heterocycles. The Kier molecular flexibility index (Phi) is 6.62. The van der Waals surface area contributed by atoms with Crippen LogP contribution in [0.4, 0.5) is 4.39 Å². The van der Waals surface area contributed by atoms with E-state index >= 15 is 0 Å². The van der Waals surface area contributed by atoms with Gasteiger partial charge in [-0.3, -0.25) is 9.59 Å². The number of carbonyl (C=O) groups is 2. The van der Waals surface area contributed by atoms with Crippen molar-refractivity contribution < 1.29 is 18.7 Å². The van der Waals surface area contributed by atoms with Crippen LogP contribution in [0.1, 0.15) is 31.2 Å². The first-order chi connectivity index (χ1) is 11.5. The van der Waals surface area contributed by atoms with Gasteiger partial charge in [-0.25, -0.2) is 4.39 Å². The summed E-state index contributed by atoms with van der Waals surface area (Å²) >= 11 is 1.33. The molecule has 1 fully saturated rings. The van der Waals surface area contributed by atoms with Gasteiger partial charge in [0.2, 0.25) is 0 Å². The summed E-state index contributed by atoms with van der Waals surface area (Å²) in [5, 5.41) is 11.9. The van der Waals surface area contributed by atoms with Gasteiger partial charge in [-0.2, -0.15) is 5.26 Å². The third kappa shape index (κ3) is 5.53. The third-order valence-corrected chi connectivity index (χ3v) is 4.79. The molecule has 0 heterocycles. The van der Waals surface area contributed by atoms with E-state index in [-0.39, 0.29) is 18.2 Å². The minimum absolute atomic E-state index is 0.105. The highest BCUT2D eigenvalue weighted by molar-refractivity contribution is 7.99. The standard InChI is InChI=1S/C17H19FN2O3S/c18-14-5-3-13(4-6-14)10-24-11-16(22)23-9-15(21)20-17(12-19)7-1-2-8-17/h3-6H,1-2,7-11H2,(H,20,21). The number of rotatable bonds is 7. The molecule has 0 unspecified atom stereocenters. The Labute approximate surface area is 144 Å². The molecule has 0 saturated heterocycles. The number of nitrogens with one attached hydrogen (secondary N) is 1. The zero-order chi connectivity index (χ0) is 17.4. The van der Waals surface area contributed by atoms with Crippen LogP contribution in [0.5, 0.6) is 0 Å². The van der Waals surface area contributed by atoms with Crippen molar-refractivity contribution in [1.29, 1.82) is 5.26 Å². The number of nitriles is 1. The van der Waals surface area contributed by atoms with Gasteiger partial charge >= 0.3 is 5.97 Å². The van der Waals surface area contributed by atoms with E-state index in [1.165, 1.54) is 23.9 Å². The fraction of sp³-hybridized carbons (Fsp3) is 0.471. The molecule has 24 heavy (non-hydrogen) atoms. The number of hydrogen-bond donors (Lipinski definition) is 1. The van der Waals surface area contributed by atoms with Crippen molar-refractivity contribution in [3.05, 3.63) is 35.6 Å². The van der Waals surface area contributed by atoms with Crippen molar-refractivity contribution in [3.8, 4) is 6.07 Å². The normalized spacial score (nSPS) is 15.5. The van der Waals surface area contributed by atoms with Gasteiger partial charge in [0.05, 0.1) is 11.8 Å². The van der Waals surface area contributed by atoms with Crippen molar-refractivity contribution in [3.63, 3.8) is 0 Å². The predicted octanol–water partition coefficient (Wildman–Crippen LogP) is 2.55. The minimum atomic E-state index is -0.805. The van der Waals surface area contributed by atoms with Crippen LogP contribution in [0.2, 0.25) is 0 Å². The fourth-order valence-electron chi connectivity index (χ4n) is 2.57. The van der Waals surface area contributed by atoms with Crippen LogP contribution in [0, 0.1) is 17.1 Å². The molecule has 1 N–H and O–H groups in total. The Morgan fingerprint density at radius 2 is 1.96 bits per heavy atom. The molecule has 1 aromatic rings. The first-order valence-corrected chi connectivity index (χ1v) is 8.88. The number of halogens is 1. The first-order valence-electron chi connectivity index (χ1n) is 7.73. The van der Waals surface area contributed by atoms with E-state index in [2.05, 4.69) is 11.4 Å². The first kappa shape index (κ1) is 18.3. The highest BCUT2D eigenvalue weighted by Crippen LogP contribution is 2.28. The number of nitrogens with zero attached hydrogens (tertiary/aromatic N) is 1. The number of amides is 1. The van der Waals surface area contributed by atoms with Crippen LogP contribution in [-0.2, 0) is 20.1 Å². The molecule has 1 aliphatic carbocycles. The molecular formula is C17H19FN2O3S. The molecule has 0 atom stereocenters. The van der Waals surface area contributed by atoms with E-state index in [1.54, 1.807) is 12.1 Å². The molecule has 128 valence electrons. The number of ether oxygens (including phenoxy) is 1. The van der Waals surface area contributed by atoms with Crippen LogP contribution in [0.3, 0.4) is 0 Å². The van der Waals surface area contributed by atoms with Gasteiger partial charge in [0.15, 0.2) is 6.61 Å². The lowest BCUT2D eigenvalue weighted by molar-refractivity contribution is -0.146. The zero-order valence-corrected chi connectivity index (χ0v) is 14.0. The highest BCUT2D eigenvalue weighted by atomic mass is 32.2. The second kappa shape index (κ2) is 8.69. The number of carbonyl (C=O) groups excluding carboxylic acids is 2. The quantitative estimate of drug-likeness (QED) is 0.765. The predicted molar refractivity (Wildman–Crippen MR) is 88.5 cm³/mol. The van der Waals surface area contributed by atoms with E-state index in [0.29, 0.717) is 18.6 Å². The number of hydrogen-bond acceptors (Lipinski definition) is 5. The summed E-state index contributed by atoms with van der Waals surface area (Å²) in [7, 11) is 0. The molecule has 2 rings (SSSR count). The summed E-state index contributed by atoms with van der Waals surface area (Å²) in [6, 6.07) is 8.20. The lowest BCUT2D eigenvalue weighted by Crippen LogP contribution is -2.46. The van der Waals surface area contributed by atoms with Crippen LogP contribution < -0.4 is 5.32 Å². The molecule has 0 spiro atoms. The number of benzene rings is 1. The largest absolute Gasteiger partial charge is 0.455 e. The molecule has 1 amide bonds. The van der Waals surface area contributed by atoms with Crippen molar-refractivity contribution in [2.45, 2.75) is 37.0 Å². The van der Waals surface area contributed by atoms with Crippen molar-refractivity contribution >= 4 is 23.6 Å². The van der Waals surface area contributed by atoms with Crippen LogP contribution >= 0.6 is 11.8 Å². The van der Waals surface area contributed by atoms with E-state index in [0.717, 1.165) is 18.4 Å². The Morgan fingerprint density at radius 1 is 1.29 bits per heavy atom.